The van der Waals surface area contributed by atoms with Crippen LogP contribution < -0.4 is 14.8 Å². The highest BCUT2D eigenvalue weighted by atomic mass is 16.5. The Kier molecular flexibility index (Phi) is 6.96. The molecule has 0 radical (unpaired) electrons. The number of benzene rings is 2. The zero-order valence-corrected chi connectivity index (χ0v) is 13.4. The molecule has 0 amide bonds. The van der Waals surface area contributed by atoms with Gasteiger partial charge in [0.25, 0.3) is 0 Å². The first kappa shape index (κ1) is 16.9. The minimum atomic E-state index is 0.530. The molecule has 0 atom stereocenters. The van der Waals surface area contributed by atoms with Crippen molar-refractivity contribution in [3.8, 4) is 17.6 Å². The summed E-state index contributed by atoms with van der Waals surface area (Å²) < 4.78 is 10.9. The van der Waals surface area contributed by atoms with Crippen molar-refractivity contribution in [1.29, 1.82) is 5.26 Å². The van der Waals surface area contributed by atoms with Crippen LogP contribution in [0, 0.1) is 11.3 Å². The van der Waals surface area contributed by atoms with Crippen molar-refractivity contribution in [3.63, 3.8) is 0 Å². The topological polar surface area (TPSA) is 54.3 Å². The van der Waals surface area contributed by atoms with Crippen molar-refractivity contribution in [2.45, 2.75) is 25.9 Å². The summed E-state index contributed by atoms with van der Waals surface area (Å²) >= 11 is 0. The molecule has 0 aliphatic heterocycles. The van der Waals surface area contributed by atoms with E-state index >= 15 is 0 Å². The normalized spacial score (nSPS) is 10.1. The highest BCUT2D eigenvalue weighted by Gasteiger charge is 1.99. The highest BCUT2D eigenvalue weighted by molar-refractivity contribution is 5.30. The Hall–Kier alpha value is -2.51. The second-order valence-electron chi connectivity index (χ2n) is 5.21. The van der Waals surface area contributed by atoms with Gasteiger partial charge in [-0.3, -0.25) is 0 Å². The first-order chi connectivity index (χ1) is 11.3. The van der Waals surface area contributed by atoms with E-state index in [0.29, 0.717) is 13.0 Å². The maximum absolute atomic E-state index is 8.51. The van der Waals surface area contributed by atoms with Gasteiger partial charge in [0, 0.05) is 19.5 Å². The summed E-state index contributed by atoms with van der Waals surface area (Å²) in [6, 6.07) is 18.2. The van der Waals surface area contributed by atoms with Gasteiger partial charge < -0.3 is 14.8 Å². The SMILES string of the molecule is COc1cccc(CNCc2cccc(OCCCC#N)c2)c1. The third-order valence-corrected chi connectivity index (χ3v) is 3.39. The third kappa shape index (κ3) is 6.01. The molecule has 0 unspecified atom stereocenters. The number of rotatable bonds is 9. The number of hydrogen-bond donors (Lipinski definition) is 1. The zero-order chi connectivity index (χ0) is 16.3. The van der Waals surface area contributed by atoms with Crippen molar-refractivity contribution in [2.75, 3.05) is 13.7 Å². The maximum Gasteiger partial charge on any atom is 0.119 e. The lowest BCUT2D eigenvalue weighted by Gasteiger charge is -2.09. The number of nitrogens with zero attached hydrogens (tertiary/aromatic N) is 1. The second kappa shape index (κ2) is 9.50. The van der Waals surface area contributed by atoms with Gasteiger partial charge in [-0.05, 0) is 41.8 Å². The molecule has 2 aromatic carbocycles. The fourth-order valence-corrected chi connectivity index (χ4v) is 2.22. The average molecular weight is 310 g/mol. The molecule has 0 fully saturated rings. The van der Waals surface area contributed by atoms with Crippen molar-refractivity contribution in [1.82, 2.24) is 5.32 Å². The Morgan fingerprint density at radius 1 is 1.00 bits per heavy atom. The number of nitrogens with one attached hydrogen (secondary N) is 1. The standard InChI is InChI=1S/C19H22N2O2/c1-22-18-8-4-6-16(12-18)14-21-15-17-7-5-9-19(13-17)23-11-3-2-10-20/h4-9,12-13,21H,2-3,11,14-15H2,1H3. The smallest absolute Gasteiger partial charge is 0.119 e. The minimum Gasteiger partial charge on any atom is -0.497 e. The Bertz CT molecular complexity index is 650. The Labute approximate surface area is 137 Å². The van der Waals surface area contributed by atoms with Gasteiger partial charge in [0.2, 0.25) is 0 Å². The van der Waals surface area contributed by atoms with Gasteiger partial charge in [-0.1, -0.05) is 24.3 Å². The van der Waals surface area contributed by atoms with Crippen LogP contribution in [0.4, 0.5) is 0 Å². The summed E-state index contributed by atoms with van der Waals surface area (Å²) in [4.78, 5) is 0. The fraction of sp³-hybridized carbons (Fsp3) is 0.316. The van der Waals surface area contributed by atoms with E-state index in [1.807, 2.05) is 36.4 Å². The first-order valence-electron chi connectivity index (χ1n) is 7.74. The predicted molar refractivity (Wildman–Crippen MR) is 90.3 cm³/mol. The zero-order valence-electron chi connectivity index (χ0n) is 13.4. The van der Waals surface area contributed by atoms with Crippen LogP contribution in [0.1, 0.15) is 24.0 Å². The number of hydrogen-bond acceptors (Lipinski definition) is 4. The molecular weight excluding hydrogens is 288 g/mol. The fourth-order valence-electron chi connectivity index (χ4n) is 2.22. The summed E-state index contributed by atoms with van der Waals surface area (Å²) in [5.74, 6) is 1.72. The average Bonchev–Trinajstić information content (AvgIpc) is 2.59. The first-order valence-corrected chi connectivity index (χ1v) is 7.74. The molecule has 4 nitrogen and oxygen atoms in total. The Morgan fingerprint density at radius 3 is 2.30 bits per heavy atom. The summed E-state index contributed by atoms with van der Waals surface area (Å²) in [7, 11) is 1.68. The lowest BCUT2D eigenvalue weighted by atomic mass is 10.2. The van der Waals surface area contributed by atoms with E-state index in [1.165, 1.54) is 11.1 Å². The Balaban J connectivity index is 1.80. The van der Waals surface area contributed by atoms with E-state index < -0.39 is 0 Å². The van der Waals surface area contributed by atoms with Crippen LogP contribution in [0.25, 0.3) is 0 Å². The number of unbranched alkanes of at least 4 members (excludes halogenated alkanes) is 1. The third-order valence-electron chi connectivity index (χ3n) is 3.39. The number of ether oxygens (including phenoxy) is 2. The summed E-state index contributed by atoms with van der Waals surface area (Å²) in [5.41, 5.74) is 2.36. The molecule has 0 aliphatic rings. The molecule has 2 aromatic rings. The van der Waals surface area contributed by atoms with Crippen LogP contribution in [0.3, 0.4) is 0 Å². The van der Waals surface area contributed by atoms with Crippen LogP contribution in [-0.4, -0.2) is 13.7 Å². The van der Waals surface area contributed by atoms with Gasteiger partial charge in [0.05, 0.1) is 19.8 Å². The molecule has 4 heteroatoms. The van der Waals surface area contributed by atoms with E-state index in [1.54, 1.807) is 7.11 Å². The molecule has 0 bridgehead atoms. The monoisotopic (exact) mass is 310 g/mol. The molecule has 0 saturated heterocycles. The van der Waals surface area contributed by atoms with Crippen LogP contribution in [0.5, 0.6) is 11.5 Å². The quantitative estimate of drug-likeness (QED) is 0.718. The van der Waals surface area contributed by atoms with Gasteiger partial charge in [-0.15, -0.1) is 0 Å². The molecule has 2 rings (SSSR count). The summed E-state index contributed by atoms with van der Waals surface area (Å²) in [5, 5.41) is 11.9. The highest BCUT2D eigenvalue weighted by Crippen LogP contribution is 2.15. The molecule has 0 spiro atoms. The lowest BCUT2D eigenvalue weighted by molar-refractivity contribution is 0.312. The van der Waals surface area contributed by atoms with Crippen LogP contribution in [0.2, 0.25) is 0 Å². The molecule has 0 aliphatic carbocycles. The Morgan fingerprint density at radius 2 is 1.65 bits per heavy atom. The summed E-state index contributed by atoms with van der Waals surface area (Å²) in [6.07, 6.45) is 1.29. The molecule has 23 heavy (non-hydrogen) atoms. The van der Waals surface area contributed by atoms with Crippen molar-refractivity contribution >= 4 is 0 Å². The molecular formula is C19H22N2O2. The molecule has 120 valence electrons. The number of methoxy groups -OCH3 is 1. The van der Waals surface area contributed by atoms with Gasteiger partial charge in [0.1, 0.15) is 11.5 Å². The largest absolute Gasteiger partial charge is 0.497 e. The summed E-state index contributed by atoms with van der Waals surface area (Å²) in [6.45, 7) is 2.13. The van der Waals surface area contributed by atoms with Crippen LogP contribution >= 0.6 is 0 Å². The maximum atomic E-state index is 8.51. The molecule has 0 aromatic heterocycles. The molecule has 1 N–H and O–H groups in total. The lowest BCUT2D eigenvalue weighted by Crippen LogP contribution is -2.12. The van der Waals surface area contributed by atoms with Gasteiger partial charge >= 0.3 is 0 Å². The van der Waals surface area contributed by atoms with Crippen molar-refractivity contribution in [3.05, 3.63) is 59.7 Å². The predicted octanol–water partition coefficient (Wildman–Crippen LogP) is 3.67. The van der Waals surface area contributed by atoms with Gasteiger partial charge in [-0.2, -0.15) is 5.26 Å². The molecule has 0 heterocycles. The number of nitriles is 1. The van der Waals surface area contributed by atoms with E-state index in [2.05, 4.69) is 23.5 Å². The van der Waals surface area contributed by atoms with E-state index in [4.69, 9.17) is 14.7 Å². The van der Waals surface area contributed by atoms with Gasteiger partial charge in [0.15, 0.2) is 0 Å². The minimum absolute atomic E-state index is 0.530. The van der Waals surface area contributed by atoms with Crippen molar-refractivity contribution < 1.29 is 9.47 Å². The second-order valence-corrected chi connectivity index (χ2v) is 5.21. The van der Waals surface area contributed by atoms with Crippen molar-refractivity contribution in [2.24, 2.45) is 0 Å². The van der Waals surface area contributed by atoms with Crippen LogP contribution in [0.15, 0.2) is 48.5 Å². The van der Waals surface area contributed by atoms with E-state index in [-0.39, 0.29) is 0 Å². The van der Waals surface area contributed by atoms with E-state index in [0.717, 1.165) is 31.0 Å². The van der Waals surface area contributed by atoms with Crippen LogP contribution in [-0.2, 0) is 13.1 Å². The van der Waals surface area contributed by atoms with E-state index in [9.17, 15) is 0 Å². The molecule has 0 saturated carbocycles. The van der Waals surface area contributed by atoms with Gasteiger partial charge in [-0.25, -0.2) is 0 Å².